The first kappa shape index (κ1) is 12.3. The van der Waals surface area contributed by atoms with Crippen LogP contribution in [0.25, 0.3) is 0 Å². The van der Waals surface area contributed by atoms with E-state index in [0.717, 1.165) is 5.56 Å². The van der Waals surface area contributed by atoms with Gasteiger partial charge >= 0.3 is 0 Å². The molecule has 1 saturated heterocycles. The van der Waals surface area contributed by atoms with E-state index < -0.39 is 10.8 Å². The first-order valence-electron chi connectivity index (χ1n) is 5.83. The molecule has 92 valence electrons. The highest BCUT2D eigenvalue weighted by molar-refractivity contribution is 7.85. The molecule has 4 heteroatoms. The molecule has 17 heavy (non-hydrogen) atoms. The number of benzene rings is 1. The first-order valence-corrected chi connectivity index (χ1v) is 7.32. The lowest BCUT2D eigenvalue weighted by molar-refractivity contribution is -0.130. The lowest BCUT2D eigenvalue weighted by Crippen LogP contribution is -2.42. The highest BCUT2D eigenvalue weighted by Gasteiger charge is 2.19. The minimum absolute atomic E-state index is 0.144. The second-order valence-corrected chi connectivity index (χ2v) is 6.09. The highest BCUT2D eigenvalue weighted by atomic mass is 32.2. The summed E-state index contributed by atoms with van der Waals surface area (Å²) in [5.74, 6) is 1.39. The number of hydrogen-bond donors (Lipinski definition) is 0. The van der Waals surface area contributed by atoms with Crippen molar-refractivity contribution in [2.75, 3.05) is 24.6 Å². The summed E-state index contributed by atoms with van der Waals surface area (Å²) < 4.78 is 11.2. The van der Waals surface area contributed by atoms with E-state index in [4.69, 9.17) is 0 Å². The molecule has 1 aromatic carbocycles. The van der Waals surface area contributed by atoms with Crippen molar-refractivity contribution in [3.8, 4) is 0 Å². The lowest BCUT2D eigenvalue weighted by atomic mass is 10.1. The summed E-state index contributed by atoms with van der Waals surface area (Å²) in [4.78, 5) is 13.8. The van der Waals surface area contributed by atoms with Crippen LogP contribution >= 0.6 is 0 Å². The van der Waals surface area contributed by atoms with Crippen molar-refractivity contribution >= 4 is 16.7 Å². The SMILES string of the molecule is Cc1ccc(CC(=O)N2CCS(=O)CC2)cc1. The second kappa shape index (κ2) is 5.45. The van der Waals surface area contributed by atoms with Crippen LogP contribution < -0.4 is 0 Å². The van der Waals surface area contributed by atoms with Gasteiger partial charge in [-0.2, -0.15) is 0 Å². The Hall–Kier alpha value is -1.16. The van der Waals surface area contributed by atoms with Crippen LogP contribution in [-0.4, -0.2) is 39.6 Å². The van der Waals surface area contributed by atoms with E-state index in [1.807, 2.05) is 36.1 Å². The standard InChI is InChI=1S/C13H17NO2S/c1-11-2-4-12(5-3-11)10-13(15)14-6-8-17(16)9-7-14/h2-5H,6-10H2,1H3. The Labute approximate surface area is 104 Å². The number of hydrogen-bond acceptors (Lipinski definition) is 2. The van der Waals surface area contributed by atoms with Gasteiger partial charge in [-0.3, -0.25) is 9.00 Å². The summed E-state index contributed by atoms with van der Waals surface area (Å²) in [6.45, 7) is 3.31. The molecule has 3 nitrogen and oxygen atoms in total. The summed E-state index contributed by atoms with van der Waals surface area (Å²) >= 11 is 0. The fourth-order valence-electron chi connectivity index (χ4n) is 1.88. The van der Waals surface area contributed by atoms with Crippen LogP contribution in [0.1, 0.15) is 11.1 Å². The molecule has 0 saturated carbocycles. The van der Waals surface area contributed by atoms with Gasteiger partial charge < -0.3 is 4.90 Å². The largest absolute Gasteiger partial charge is 0.341 e. The molecule has 0 N–H and O–H groups in total. The predicted molar refractivity (Wildman–Crippen MR) is 69.3 cm³/mol. The first-order chi connectivity index (χ1) is 8.15. The van der Waals surface area contributed by atoms with E-state index in [2.05, 4.69) is 0 Å². The van der Waals surface area contributed by atoms with Crippen LogP contribution in [0.5, 0.6) is 0 Å². The van der Waals surface area contributed by atoms with Gasteiger partial charge in [-0.1, -0.05) is 29.8 Å². The average molecular weight is 251 g/mol. The number of carbonyl (C=O) groups is 1. The van der Waals surface area contributed by atoms with Crippen LogP contribution in [0.3, 0.4) is 0 Å². The normalized spacial score (nSPS) is 17.1. The van der Waals surface area contributed by atoms with Crippen LogP contribution in [0, 0.1) is 6.92 Å². The highest BCUT2D eigenvalue weighted by Crippen LogP contribution is 2.08. The van der Waals surface area contributed by atoms with Crippen LogP contribution in [-0.2, 0) is 22.0 Å². The summed E-state index contributed by atoms with van der Waals surface area (Å²) in [6, 6.07) is 8.03. The van der Waals surface area contributed by atoms with E-state index in [1.165, 1.54) is 5.56 Å². The molecule has 1 amide bonds. The predicted octanol–water partition coefficient (Wildman–Crippen LogP) is 1.13. The molecule has 0 radical (unpaired) electrons. The molecule has 0 unspecified atom stereocenters. The Morgan fingerprint density at radius 2 is 1.82 bits per heavy atom. The van der Waals surface area contributed by atoms with Crippen molar-refractivity contribution in [2.45, 2.75) is 13.3 Å². The number of aryl methyl sites for hydroxylation is 1. The van der Waals surface area contributed by atoms with Crippen molar-refractivity contribution in [1.29, 1.82) is 0 Å². The van der Waals surface area contributed by atoms with Crippen molar-refractivity contribution in [3.63, 3.8) is 0 Å². The zero-order chi connectivity index (χ0) is 12.3. The zero-order valence-corrected chi connectivity index (χ0v) is 10.8. The van der Waals surface area contributed by atoms with Gasteiger partial charge in [0.2, 0.25) is 5.91 Å². The molecule has 0 spiro atoms. The van der Waals surface area contributed by atoms with Crippen molar-refractivity contribution < 1.29 is 9.00 Å². The second-order valence-electron chi connectivity index (χ2n) is 4.39. The summed E-state index contributed by atoms with van der Waals surface area (Å²) in [6.07, 6.45) is 0.451. The minimum Gasteiger partial charge on any atom is -0.341 e. The topological polar surface area (TPSA) is 37.4 Å². The third kappa shape index (κ3) is 3.40. The molecule has 1 heterocycles. The number of carbonyl (C=O) groups excluding carboxylic acids is 1. The molecule has 1 aromatic rings. The molecule has 0 aliphatic carbocycles. The third-order valence-electron chi connectivity index (χ3n) is 3.01. The van der Waals surface area contributed by atoms with Gasteiger partial charge in [0.15, 0.2) is 0 Å². The van der Waals surface area contributed by atoms with E-state index in [9.17, 15) is 9.00 Å². The van der Waals surface area contributed by atoms with E-state index in [1.54, 1.807) is 0 Å². The average Bonchev–Trinajstić information content (AvgIpc) is 2.33. The molecule has 0 atom stereocenters. The van der Waals surface area contributed by atoms with E-state index in [0.29, 0.717) is 31.0 Å². The number of rotatable bonds is 2. The van der Waals surface area contributed by atoms with Gasteiger partial charge in [0.1, 0.15) is 0 Å². The maximum atomic E-state index is 12.0. The minimum atomic E-state index is -0.721. The third-order valence-corrected chi connectivity index (χ3v) is 4.28. The maximum absolute atomic E-state index is 12.0. The Kier molecular flexibility index (Phi) is 3.94. The molecule has 0 aromatic heterocycles. The Bertz CT molecular complexity index is 418. The zero-order valence-electron chi connectivity index (χ0n) is 10.0. The number of nitrogens with zero attached hydrogens (tertiary/aromatic N) is 1. The molecule has 1 fully saturated rings. The molecule has 1 aliphatic rings. The fraction of sp³-hybridized carbons (Fsp3) is 0.462. The maximum Gasteiger partial charge on any atom is 0.227 e. The fourth-order valence-corrected chi connectivity index (χ4v) is 2.93. The monoisotopic (exact) mass is 251 g/mol. The van der Waals surface area contributed by atoms with Crippen LogP contribution in [0.15, 0.2) is 24.3 Å². The van der Waals surface area contributed by atoms with Crippen LogP contribution in [0.2, 0.25) is 0 Å². The van der Waals surface area contributed by atoms with Crippen LogP contribution in [0.4, 0.5) is 0 Å². The van der Waals surface area contributed by atoms with Gasteiger partial charge in [-0.05, 0) is 12.5 Å². The van der Waals surface area contributed by atoms with E-state index >= 15 is 0 Å². The quantitative estimate of drug-likeness (QED) is 0.790. The van der Waals surface area contributed by atoms with Gasteiger partial charge in [0.25, 0.3) is 0 Å². The Morgan fingerprint density at radius 3 is 2.41 bits per heavy atom. The molecular formula is C13H17NO2S. The van der Waals surface area contributed by atoms with Crippen molar-refractivity contribution in [2.24, 2.45) is 0 Å². The van der Waals surface area contributed by atoms with Gasteiger partial charge in [0.05, 0.1) is 6.42 Å². The van der Waals surface area contributed by atoms with Crippen molar-refractivity contribution in [1.82, 2.24) is 4.90 Å². The number of amides is 1. The van der Waals surface area contributed by atoms with Gasteiger partial charge in [0, 0.05) is 35.4 Å². The summed E-state index contributed by atoms with van der Waals surface area (Å²) in [5, 5.41) is 0. The molecular weight excluding hydrogens is 234 g/mol. The van der Waals surface area contributed by atoms with Crippen molar-refractivity contribution in [3.05, 3.63) is 35.4 Å². The van der Waals surface area contributed by atoms with Gasteiger partial charge in [-0.25, -0.2) is 0 Å². The molecule has 0 bridgehead atoms. The summed E-state index contributed by atoms with van der Waals surface area (Å²) in [5.41, 5.74) is 2.25. The smallest absolute Gasteiger partial charge is 0.227 e. The van der Waals surface area contributed by atoms with E-state index in [-0.39, 0.29) is 5.91 Å². The Balaban J connectivity index is 1.92. The van der Waals surface area contributed by atoms with Gasteiger partial charge in [-0.15, -0.1) is 0 Å². The lowest BCUT2D eigenvalue weighted by Gasteiger charge is -2.26. The Morgan fingerprint density at radius 1 is 1.24 bits per heavy atom. The molecule has 1 aliphatic heterocycles. The summed E-state index contributed by atoms with van der Waals surface area (Å²) in [7, 11) is -0.721. The molecule has 2 rings (SSSR count).